The van der Waals surface area contributed by atoms with Crippen LogP contribution in [0, 0.1) is 0 Å². The van der Waals surface area contributed by atoms with Crippen LogP contribution < -0.4 is 5.32 Å². The Labute approximate surface area is 470 Å². The van der Waals surface area contributed by atoms with E-state index in [0.717, 1.165) is 83.5 Å². The summed E-state index contributed by atoms with van der Waals surface area (Å²) in [5.74, 6) is -0.259. The van der Waals surface area contributed by atoms with E-state index in [-0.39, 0.29) is 18.9 Å². The van der Waals surface area contributed by atoms with Crippen molar-refractivity contribution in [2.75, 3.05) is 19.8 Å². The average molecular weight is 1100 g/mol. The van der Waals surface area contributed by atoms with Crippen LogP contribution in [0.25, 0.3) is 0 Å². The van der Waals surface area contributed by atoms with Crippen LogP contribution in [0.2, 0.25) is 0 Å². The van der Waals surface area contributed by atoms with Crippen molar-refractivity contribution in [3.63, 3.8) is 0 Å². The topological polar surface area (TPSA) is 228 Å². The molecule has 0 saturated carbocycles. The highest BCUT2D eigenvalue weighted by molar-refractivity contribution is 5.76. The molecule has 2 rings (SSSR count). The van der Waals surface area contributed by atoms with Crippen molar-refractivity contribution >= 4 is 5.91 Å². The number of allylic oxidation sites excluding steroid dienone is 17. The number of carbonyl (C=O) groups is 1. The number of rotatable bonds is 46. The molecule has 0 radical (unpaired) electrons. The van der Waals surface area contributed by atoms with E-state index in [4.69, 9.17) is 18.9 Å². The summed E-state index contributed by atoms with van der Waals surface area (Å²) in [5.41, 5.74) is 0. The van der Waals surface area contributed by atoms with Crippen LogP contribution in [0.15, 0.2) is 109 Å². The maximum Gasteiger partial charge on any atom is 0.220 e. The first kappa shape index (κ1) is 70.8. The van der Waals surface area contributed by atoms with Gasteiger partial charge in [0.25, 0.3) is 0 Å². The summed E-state index contributed by atoms with van der Waals surface area (Å²) in [4.78, 5) is 13.2. The van der Waals surface area contributed by atoms with E-state index < -0.39 is 86.8 Å². The molecule has 12 unspecified atom stereocenters. The van der Waals surface area contributed by atoms with Crippen LogP contribution in [0.4, 0.5) is 0 Å². The summed E-state index contributed by atoms with van der Waals surface area (Å²) in [7, 11) is 0. The predicted molar refractivity (Wildman–Crippen MR) is 313 cm³/mol. The fourth-order valence-electron chi connectivity index (χ4n) is 9.12. The maximum absolute atomic E-state index is 13.2. The molecule has 0 aromatic heterocycles. The minimum absolute atomic E-state index is 0.259. The Morgan fingerprint density at radius 3 is 1.40 bits per heavy atom. The van der Waals surface area contributed by atoms with Gasteiger partial charge in [0.1, 0.15) is 48.8 Å². The van der Waals surface area contributed by atoms with Gasteiger partial charge in [0, 0.05) is 6.42 Å². The molecule has 78 heavy (non-hydrogen) atoms. The second-order valence-electron chi connectivity index (χ2n) is 20.7. The van der Waals surface area contributed by atoms with Gasteiger partial charge in [0.05, 0.1) is 32.0 Å². The number of unbranched alkanes of at least 4 members (excludes halogenated alkanes) is 17. The third kappa shape index (κ3) is 33.4. The molecule has 9 N–H and O–H groups in total. The van der Waals surface area contributed by atoms with Crippen LogP contribution in [-0.2, 0) is 23.7 Å². The lowest BCUT2D eigenvalue weighted by Gasteiger charge is -2.46. The van der Waals surface area contributed by atoms with Gasteiger partial charge in [-0.15, -0.1) is 0 Å². The van der Waals surface area contributed by atoms with Crippen LogP contribution in [0.5, 0.6) is 0 Å². The van der Waals surface area contributed by atoms with E-state index >= 15 is 0 Å². The molecule has 0 aliphatic carbocycles. The van der Waals surface area contributed by atoms with Gasteiger partial charge in [-0.05, 0) is 83.5 Å². The summed E-state index contributed by atoms with van der Waals surface area (Å²) >= 11 is 0. The van der Waals surface area contributed by atoms with Crippen molar-refractivity contribution < 1.29 is 64.6 Å². The molecule has 0 bridgehead atoms. The maximum atomic E-state index is 13.2. The van der Waals surface area contributed by atoms with E-state index in [1.807, 2.05) is 6.08 Å². The number of aliphatic hydroxyl groups excluding tert-OH is 8. The zero-order valence-corrected chi connectivity index (χ0v) is 47.9. The van der Waals surface area contributed by atoms with Crippen LogP contribution in [0.3, 0.4) is 0 Å². The summed E-state index contributed by atoms with van der Waals surface area (Å²) < 4.78 is 22.6. The molecule has 2 saturated heterocycles. The molecule has 1 amide bonds. The monoisotopic (exact) mass is 1100 g/mol. The average Bonchev–Trinajstić information content (AvgIpc) is 3.47. The molecule has 446 valence electrons. The first-order valence-electron chi connectivity index (χ1n) is 30.1. The van der Waals surface area contributed by atoms with Gasteiger partial charge in [-0.1, -0.05) is 213 Å². The molecule has 14 nitrogen and oxygen atoms in total. The van der Waals surface area contributed by atoms with Gasteiger partial charge in [-0.3, -0.25) is 4.79 Å². The lowest BCUT2D eigenvalue weighted by molar-refractivity contribution is -0.359. The Bertz CT molecular complexity index is 1720. The lowest BCUT2D eigenvalue weighted by atomic mass is 9.97. The minimum atomic E-state index is -1.79. The molecule has 2 fully saturated rings. The normalized spacial score (nSPS) is 25.4. The number of aliphatic hydroxyl groups is 8. The number of hydrogen-bond donors (Lipinski definition) is 9. The molecule has 2 aliphatic heterocycles. The lowest BCUT2D eigenvalue weighted by Crippen LogP contribution is -2.65. The number of amides is 1. The van der Waals surface area contributed by atoms with E-state index in [1.165, 1.54) is 77.0 Å². The Kier molecular flexibility index (Phi) is 43.9. The fraction of sp³-hybridized carbons (Fsp3) is 0.703. The highest BCUT2D eigenvalue weighted by Gasteiger charge is 2.51. The molecule has 0 aromatic carbocycles. The molecular weight excluding hydrogens is 991 g/mol. The van der Waals surface area contributed by atoms with Gasteiger partial charge in [0.15, 0.2) is 12.6 Å². The van der Waals surface area contributed by atoms with Crippen molar-refractivity contribution in [1.82, 2.24) is 5.32 Å². The molecule has 12 atom stereocenters. The summed E-state index contributed by atoms with van der Waals surface area (Å²) in [6.07, 6.45) is 52.0. The third-order valence-electron chi connectivity index (χ3n) is 13.9. The minimum Gasteiger partial charge on any atom is -0.394 e. The van der Waals surface area contributed by atoms with Gasteiger partial charge in [-0.2, -0.15) is 0 Å². The van der Waals surface area contributed by atoms with E-state index in [1.54, 1.807) is 6.08 Å². The van der Waals surface area contributed by atoms with Crippen molar-refractivity contribution in [3.05, 3.63) is 109 Å². The summed E-state index contributed by atoms with van der Waals surface area (Å²) in [5, 5.41) is 86.6. The van der Waals surface area contributed by atoms with Crippen LogP contribution in [0.1, 0.15) is 194 Å². The molecule has 0 aromatic rings. The summed E-state index contributed by atoms with van der Waals surface area (Å²) in [6, 6.07) is -0.934. The molecule has 0 spiro atoms. The standard InChI is InChI=1S/C64H107NO13/c1-3-5-7-9-11-12-13-14-15-16-17-18-19-20-21-22-23-24-25-26-27-28-29-30-31-32-33-34-35-36-37-38-39-40-42-44-46-48-56(69)65-52(53(68)47-45-43-41-10-8-6-4-2)51-75-63-61(74)59(72)62(55(50-67)77-63)78-64-60(73)58(71)57(70)54(49-66)76-64/h5,7-8,10-12,14-15,17-18,20-21,23-24,26-27,45,47,52-55,57-64,66-68,70-74H,3-4,6,9,13,16,19,22,25,28-44,46,48-51H2,1-2H3,(H,65,69)/b7-5-,10-8+,12-11-,15-14-,18-17-,21-20-,24-23-,27-26-,47-45+. The smallest absolute Gasteiger partial charge is 0.220 e. The number of ether oxygens (including phenoxy) is 4. The molecule has 2 heterocycles. The third-order valence-corrected chi connectivity index (χ3v) is 13.9. The highest BCUT2D eigenvalue weighted by Crippen LogP contribution is 2.30. The van der Waals surface area contributed by atoms with E-state index in [2.05, 4.69) is 116 Å². The highest BCUT2D eigenvalue weighted by atomic mass is 16.7. The zero-order chi connectivity index (χ0) is 56.7. The van der Waals surface area contributed by atoms with Crippen molar-refractivity contribution in [2.24, 2.45) is 0 Å². The van der Waals surface area contributed by atoms with E-state index in [0.29, 0.717) is 12.8 Å². The number of nitrogens with one attached hydrogen (secondary N) is 1. The van der Waals surface area contributed by atoms with Crippen LogP contribution >= 0.6 is 0 Å². The SMILES string of the molecule is CC/C=C\C/C=C\C/C=C\C/C=C\C/C=C\C/C=C\C/C=C\CCCCCCCCCCCCCCCCCC(=O)NC(COC1OC(CO)C(OC2OC(CO)C(O)C(O)C2O)C(O)C1O)C(O)/C=C/CC/C=C/CCC. The largest absolute Gasteiger partial charge is 0.394 e. The second-order valence-corrected chi connectivity index (χ2v) is 20.7. The predicted octanol–water partition coefficient (Wildman–Crippen LogP) is 10.4. The Hall–Kier alpha value is -3.35. The van der Waals surface area contributed by atoms with Gasteiger partial charge in [0.2, 0.25) is 5.91 Å². The Balaban J connectivity index is 1.56. The summed E-state index contributed by atoms with van der Waals surface area (Å²) in [6.45, 7) is 2.52. The van der Waals surface area contributed by atoms with Gasteiger partial charge < -0.3 is 65.1 Å². The molecular formula is C64H107NO13. The molecule has 14 heteroatoms. The first-order chi connectivity index (χ1) is 38.1. The Morgan fingerprint density at radius 1 is 0.474 bits per heavy atom. The molecule has 2 aliphatic rings. The van der Waals surface area contributed by atoms with Crippen molar-refractivity contribution in [1.29, 1.82) is 0 Å². The number of hydrogen-bond acceptors (Lipinski definition) is 13. The quantitative estimate of drug-likeness (QED) is 0.0204. The second kappa shape index (κ2) is 48.4. The van der Waals surface area contributed by atoms with E-state index in [9.17, 15) is 45.6 Å². The van der Waals surface area contributed by atoms with Gasteiger partial charge >= 0.3 is 0 Å². The van der Waals surface area contributed by atoms with Gasteiger partial charge in [-0.25, -0.2) is 0 Å². The fourth-order valence-corrected chi connectivity index (χ4v) is 9.12. The zero-order valence-electron chi connectivity index (χ0n) is 47.9. The number of carbonyl (C=O) groups excluding carboxylic acids is 1. The van der Waals surface area contributed by atoms with Crippen LogP contribution in [-0.4, -0.2) is 140 Å². The Morgan fingerprint density at radius 2 is 0.897 bits per heavy atom. The first-order valence-corrected chi connectivity index (χ1v) is 30.1. The van der Waals surface area contributed by atoms with Crippen molar-refractivity contribution in [2.45, 2.75) is 267 Å². The van der Waals surface area contributed by atoms with Crippen molar-refractivity contribution in [3.8, 4) is 0 Å².